The maximum atomic E-state index is 9.45. The van der Waals surface area contributed by atoms with Crippen molar-refractivity contribution in [3.63, 3.8) is 0 Å². The number of hydrogen-bond acceptors (Lipinski definition) is 2. The topological polar surface area (TPSA) is 29.5 Å². The van der Waals surface area contributed by atoms with E-state index in [0.717, 1.165) is 22.5 Å². The van der Waals surface area contributed by atoms with Crippen molar-refractivity contribution in [2.45, 2.75) is 6.42 Å². The van der Waals surface area contributed by atoms with E-state index in [1.165, 1.54) is 0 Å². The lowest BCUT2D eigenvalue weighted by atomic mass is 9.96. The molecule has 1 aliphatic heterocycles. The van der Waals surface area contributed by atoms with Gasteiger partial charge in [-0.15, -0.1) is 0 Å². The number of allylic oxidation sites excluding steroid dienone is 1. The second-order valence-corrected chi connectivity index (χ2v) is 4.38. The van der Waals surface area contributed by atoms with E-state index in [4.69, 9.17) is 4.74 Å². The van der Waals surface area contributed by atoms with Gasteiger partial charge in [-0.25, -0.2) is 0 Å². The lowest BCUT2D eigenvalue weighted by molar-refractivity contribution is 0.163. The first-order valence-corrected chi connectivity index (χ1v) is 6.25. The van der Waals surface area contributed by atoms with Crippen molar-refractivity contribution in [2.75, 3.05) is 0 Å². The predicted molar refractivity (Wildman–Crippen MR) is 75.3 cm³/mol. The number of rotatable bonds is 2. The smallest absolute Gasteiger partial charge is 0.278 e. The molecule has 0 spiro atoms. The molecule has 2 aromatic carbocycles. The zero-order chi connectivity index (χ0) is 13.1. The second kappa shape index (κ2) is 5.02. The molecule has 0 bridgehead atoms. The van der Waals surface area contributed by atoms with Gasteiger partial charge in [-0.2, -0.15) is 0 Å². The fraction of sp³-hybridized carbons (Fsp3) is 0.0588. The molecule has 1 heterocycles. The summed E-state index contributed by atoms with van der Waals surface area (Å²) in [5, 5.41) is 9.45. The van der Waals surface area contributed by atoms with Gasteiger partial charge < -0.3 is 9.84 Å². The molecule has 3 rings (SSSR count). The van der Waals surface area contributed by atoms with Crippen molar-refractivity contribution in [2.24, 2.45) is 0 Å². The van der Waals surface area contributed by atoms with E-state index in [1.54, 1.807) is 6.08 Å². The summed E-state index contributed by atoms with van der Waals surface area (Å²) in [6, 6.07) is 20.2. The van der Waals surface area contributed by atoms with Crippen molar-refractivity contribution < 1.29 is 9.84 Å². The molecule has 0 amide bonds. The number of ether oxygens (including phenoxy) is 1. The monoisotopic (exact) mass is 250 g/mol. The molecule has 2 heteroatoms. The normalized spacial score (nSPS) is 13.9. The summed E-state index contributed by atoms with van der Waals surface area (Å²) in [6.45, 7) is 0. The highest BCUT2D eigenvalue weighted by atomic mass is 16.6. The largest absolute Gasteiger partial charge is 0.481 e. The van der Waals surface area contributed by atoms with Gasteiger partial charge in [0, 0.05) is 18.1 Å². The van der Waals surface area contributed by atoms with Crippen molar-refractivity contribution >= 4 is 5.57 Å². The highest BCUT2D eigenvalue weighted by molar-refractivity contribution is 5.81. The molecule has 2 aromatic rings. The second-order valence-electron chi connectivity index (χ2n) is 4.38. The zero-order valence-corrected chi connectivity index (χ0v) is 10.4. The van der Waals surface area contributed by atoms with Crippen LogP contribution in [0.1, 0.15) is 17.5 Å². The van der Waals surface area contributed by atoms with Gasteiger partial charge in [0.2, 0.25) is 0 Å². The molecule has 0 unspecified atom stereocenters. The summed E-state index contributed by atoms with van der Waals surface area (Å²) in [5.41, 5.74) is 3.21. The summed E-state index contributed by atoms with van der Waals surface area (Å²) in [4.78, 5) is 0. The molecule has 0 saturated carbocycles. The number of benzene rings is 2. The average molecular weight is 250 g/mol. The molecule has 0 aromatic heterocycles. The van der Waals surface area contributed by atoms with Crippen LogP contribution in [0.5, 0.6) is 0 Å². The van der Waals surface area contributed by atoms with Gasteiger partial charge in [-0.05, 0) is 11.1 Å². The highest BCUT2D eigenvalue weighted by Gasteiger charge is 2.18. The van der Waals surface area contributed by atoms with E-state index < -0.39 is 0 Å². The Hall–Kier alpha value is -2.48. The molecule has 0 radical (unpaired) electrons. The lowest BCUT2D eigenvalue weighted by Gasteiger charge is -2.12. The van der Waals surface area contributed by atoms with Crippen LogP contribution in [0.2, 0.25) is 0 Å². The Bertz CT molecular complexity index is 583. The molecule has 1 N–H and O–H groups in total. The van der Waals surface area contributed by atoms with Crippen molar-refractivity contribution in [3.8, 4) is 0 Å². The van der Waals surface area contributed by atoms with Gasteiger partial charge >= 0.3 is 0 Å². The molecule has 0 atom stereocenters. The van der Waals surface area contributed by atoms with E-state index in [2.05, 4.69) is 0 Å². The summed E-state index contributed by atoms with van der Waals surface area (Å²) in [7, 11) is 0. The number of aliphatic hydroxyl groups is 1. The minimum atomic E-state index is -0.0145. The van der Waals surface area contributed by atoms with E-state index in [9.17, 15) is 5.11 Å². The molecular formula is C17H14O2. The Labute approximate surface area is 112 Å². The van der Waals surface area contributed by atoms with Crippen LogP contribution in [0.25, 0.3) is 5.57 Å². The Morgan fingerprint density at radius 1 is 0.842 bits per heavy atom. The van der Waals surface area contributed by atoms with Crippen LogP contribution in [0, 0.1) is 0 Å². The van der Waals surface area contributed by atoms with Crippen molar-refractivity contribution in [1.29, 1.82) is 0 Å². The standard InChI is InChI=1S/C17H14O2/c18-16-12-11-15(19-16)17(13-7-3-1-4-8-13)14-9-5-2-6-10-14/h1-10,12,18H,11H2. The average Bonchev–Trinajstić information content (AvgIpc) is 2.88. The van der Waals surface area contributed by atoms with Gasteiger partial charge in [0.15, 0.2) is 0 Å². The van der Waals surface area contributed by atoms with Gasteiger partial charge in [0.05, 0.1) is 0 Å². The Morgan fingerprint density at radius 3 is 1.79 bits per heavy atom. The summed E-state index contributed by atoms with van der Waals surface area (Å²) >= 11 is 0. The first-order valence-electron chi connectivity index (χ1n) is 6.25. The third kappa shape index (κ3) is 2.38. The minimum Gasteiger partial charge on any atom is -0.481 e. The lowest BCUT2D eigenvalue weighted by Crippen LogP contribution is -1.94. The Balaban J connectivity index is 2.13. The first-order chi connectivity index (χ1) is 9.34. The number of hydrogen-bond donors (Lipinski definition) is 1. The molecule has 94 valence electrons. The van der Waals surface area contributed by atoms with E-state index in [-0.39, 0.29) is 5.95 Å². The molecule has 0 aliphatic carbocycles. The molecule has 2 nitrogen and oxygen atoms in total. The first kappa shape index (κ1) is 11.6. The van der Waals surface area contributed by atoms with Gasteiger partial charge in [0.25, 0.3) is 5.95 Å². The third-order valence-electron chi connectivity index (χ3n) is 3.09. The van der Waals surface area contributed by atoms with Crippen LogP contribution in [0.3, 0.4) is 0 Å². The maximum Gasteiger partial charge on any atom is 0.278 e. The summed E-state index contributed by atoms with van der Waals surface area (Å²) in [6.07, 6.45) is 2.30. The number of aliphatic hydroxyl groups excluding tert-OH is 1. The van der Waals surface area contributed by atoms with E-state index in [1.807, 2.05) is 60.7 Å². The molecule has 1 aliphatic rings. The third-order valence-corrected chi connectivity index (χ3v) is 3.09. The van der Waals surface area contributed by atoms with Gasteiger partial charge in [-0.3, -0.25) is 0 Å². The minimum absolute atomic E-state index is 0.0145. The Kier molecular flexibility index (Phi) is 3.07. The van der Waals surface area contributed by atoms with Crippen molar-refractivity contribution in [1.82, 2.24) is 0 Å². The quantitative estimate of drug-likeness (QED) is 0.862. The van der Waals surface area contributed by atoms with Crippen LogP contribution >= 0.6 is 0 Å². The summed E-state index contributed by atoms with van der Waals surface area (Å²) in [5.74, 6) is 0.772. The van der Waals surface area contributed by atoms with Crippen LogP contribution < -0.4 is 0 Å². The van der Waals surface area contributed by atoms with Gasteiger partial charge in [0.1, 0.15) is 5.76 Å². The zero-order valence-electron chi connectivity index (χ0n) is 10.4. The van der Waals surface area contributed by atoms with Crippen LogP contribution in [0.15, 0.2) is 78.4 Å². The molecule has 0 fully saturated rings. The van der Waals surface area contributed by atoms with Crippen LogP contribution in [-0.2, 0) is 4.74 Å². The van der Waals surface area contributed by atoms with Crippen LogP contribution in [-0.4, -0.2) is 5.11 Å². The molecule has 0 saturated heterocycles. The fourth-order valence-corrected chi connectivity index (χ4v) is 2.24. The van der Waals surface area contributed by atoms with E-state index >= 15 is 0 Å². The SMILES string of the molecule is OC1=CCC(=C(c2ccccc2)c2ccccc2)O1. The fourth-order valence-electron chi connectivity index (χ4n) is 2.24. The van der Waals surface area contributed by atoms with Crippen LogP contribution in [0.4, 0.5) is 0 Å². The van der Waals surface area contributed by atoms with Gasteiger partial charge in [-0.1, -0.05) is 60.7 Å². The molecular weight excluding hydrogens is 236 g/mol. The Morgan fingerprint density at radius 2 is 1.37 bits per heavy atom. The van der Waals surface area contributed by atoms with Crippen molar-refractivity contribution in [3.05, 3.63) is 89.6 Å². The maximum absolute atomic E-state index is 9.45. The predicted octanol–water partition coefficient (Wildman–Crippen LogP) is 4.27. The molecule has 19 heavy (non-hydrogen) atoms. The van der Waals surface area contributed by atoms with E-state index in [0.29, 0.717) is 6.42 Å². The highest BCUT2D eigenvalue weighted by Crippen LogP contribution is 2.32. The summed E-state index contributed by atoms with van der Waals surface area (Å²) < 4.78 is 5.43.